The van der Waals surface area contributed by atoms with E-state index in [2.05, 4.69) is 42.9 Å². The van der Waals surface area contributed by atoms with Gasteiger partial charge in [-0.05, 0) is 38.6 Å². The summed E-state index contributed by atoms with van der Waals surface area (Å²) < 4.78 is 2.09. The van der Waals surface area contributed by atoms with Crippen molar-refractivity contribution in [3.63, 3.8) is 0 Å². The van der Waals surface area contributed by atoms with E-state index in [1.165, 1.54) is 25.0 Å². The van der Waals surface area contributed by atoms with Crippen LogP contribution in [-0.4, -0.2) is 22.9 Å². The van der Waals surface area contributed by atoms with Crippen LogP contribution >= 0.6 is 11.6 Å². The molecule has 1 aliphatic carbocycles. The molecular weight excluding hydrogens is 270 g/mol. The third kappa shape index (κ3) is 3.04. The molecule has 1 saturated carbocycles. The maximum atomic E-state index is 6.54. The summed E-state index contributed by atoms with van der Waals surface area (Å²) in [5.74, 6) is 1.58. The highest BCUT2D eigenvalue weighted by atomic mass is 35.5. The van der Waals surface area contributed by atoms with Gasteiger partial charge in [-0.15, -0.1) is 0 Å². The van der Waals surface area contributed by atoms with Crippen molar-refractivity contribution in [2.45, 2.75) is 65.5 Å². The van der Waals surface area contributed by atoms with Crippen LogP contribution < -0.4 is 5.32 Å². The van der Waals surface area contributed by atoms with Gasteiger partial charge in [-0.3, -0.25) is 4.68 Å². The molecule has 1 aliphatic rings. The van der Waals surface area contributed by atoms with E-state index in [0.717, 1.165) is 41.9 Å². The number of hydrogen-bond acceptors (Lipinski definition) is 2. The van der Waals surface area contributed by atoms with Crippen LogP contribution in [0.15, 0.2) is 0 Å². The van der Waals surface area contributed by atoms with Gasteiger partial charge in [0.25, 0.3) is 0 Å². The zero-order chi connectivity index (χ0) is 14.7. The number of halogens is 1. The summed E-state index contributed by atoms with van der Waals surface area (Å²) >= 11 is 6.54. The van der Waals surface area contributed by atoms with Crippen LogP contribution in [0.2, 0.25) is 5.02 Å². The quantitative estimate of drug-likeness (QED) is 0.868. The zero-order valence-corrected chi connectivity index (χ0v) is 14.0. The van der Waals surface area contributed by atoms with E-state index >= 15 is 0 Å². The van der Waals surface area contributed by atoms with Crippen LogP contribution in [-0.2, 0) is 19.4 Å². The van der Waals surface area contributed by atoms with Crippen molar-refractivity contribution in [2.75, 3.05) is 7.05 Å². The molecule has 114 valence electrons. The molecule has 0 amide bonds. The predicted octanol–water partition coefficient (Wildman–Crippen LogP) is 3.69. The van der Waals surface area contributed by atoms with E-state index in [1.807, 2.05) is 0 Å². The lowest BCUT2D eigenvalue weighted by Gasteiger charge is -2.27. The molecule has 0 bridgehead atoms. The molecule has 2 rings (SSSR count). The van der Waals surface area contributed by atoms with Gasteiger partial charge in [-0.1, -0.05) is 38.3 Å². The van der Waals surface area contributed by atoms with Gasteiger partial charge < -0.3 is 5.32 Å². The Bertz CT molecular complexity index is 441. The minimum Gasteiger partial charge on any atom is -0.316 e. The molecule has 1 aromatic heterocycles. The number of rotatable bonds is 6. The Morgan fingerprint density at radius 3 is 2.65 bits per heavy atom. The average molecular weight is 298 g/mol. The van der Waals surface area contributed by atoms with Crippen molar-refractivity contribution < 1.29 is 0 Å². The smallest absolute Gasteiger partial charge is 0.0850 e. The van der Waals surface area contributed by atoms with E-state index in [9.17, 15) is 0 Å². The molecule has 0 aliphatic heterocycles. The Labute approximate surface area is 128 Å². The van der Waals surface area contributed by atoms with Crippen molar-refractivity contribution in [3.8, 4) is 0 Å². The second-order valence-electron chi connectivity index (χ2n) is 6.05. The van der Waals surface area contributed by atoms with E-state index in [1.54, 1.807) is 0 Å². The number of likely N-dealkylation sites (N-methyl/N-ethyl adjacent to an activating group) is 1. The fraction of sp³-hybridized carbons (Fsp3) is 0.812. The van der Waals surface area contributed by atoms with Gasteiger partial charge in [-0.2, -0.15) is 5.10 Å². The summed E-state index contributed by atoms with van der Waals surface area (Å²) in [6.45, 7) is 7.54. The van der Waals surface area contributed by atoms with Gasteiger partial charge in [0, 0.05) is 19.0 Å². The fourth-order valence-corrected chi connectivity index (χ4v) is 4.01. The molecule has 4 heteroatoms. The monoisotopic (exact) mass is 297 g/mol. The minimum absolute atomic E-state index is 0.511. The van der Waals surface area contributed by atoms with Crippen molar-refractivity contribution in [3.05, 3.63) is 16.4 Å². The van der Waals surface area contributed by atoms with Gasteiger partial charge in [0.1, 0.15) is 0 Å². The summed E-state index contributed by atoms with van der Waals surface area (Å²) in [5, 5.41) is 9.05. The van der Waals surface area contributed by atoms with Crippen LogP contribution in [0.3, 0.4) is 0 Å². The van der Waals surface area contributed by atoms with E-state index < -0.39 is 0 Å². The Morgan fingerprint density at radius 1 is 1.40 bits per heavy atom. The second kappa shape index (κ2) is 6.95. The standard InChI is InChI=1S/C16H28ClN3/c1-5-13-16(17)15(20(6-2)19-13)10-14(18-4)12-9-7-8-11(12)3/h11-12,14,18H,5-10H2,1-4H3. The summed E-state index contributed by atoms with van der Waals surface area (Å²) in [5.41, 5.74) is 2.25. The molecule has 1 aromatic rings. The van der Waals surface area contributed by atoms with E-state index in [4.69, 9.17) is 11.6 Å². The van der Waals surface area contributed by atoms with E-state index in [-0.39, 0.29) is 0 Å². The molecule has 3 nitrogen and oxygen atoms in total. The highest BCUT2D eigenvalue weighted by Crippen LogP contribution is 2.35. The SMILES string of the molecule is CCc1nn(CC)c(CC(NC)C2CCCC2C)c1Cl. The first kappa shape index (κ1) is 15.8. The van der Waals surface area contributed by atoms with Crippen LogP contribution in [0.4, 0.5) is 0 Å². The van der Waals surface area contributed by atoms with Crippen molar-refractivity contribution >= 4 is 11.6 Å². The number of aryl methyl sites for hydroxylation is 2. The molecule has 0 saturated heterocycles. The maximum Gasteiger partial charge on any atom is 0.0850 e. The third-order valence-electron chi connectivity index (χ3n) is 4.92. The second-order valence-corrected chi connectivity index (χ2v) is 6.43. The molecule has 20 heavy (non-hydrogen) atoms. The number of aromatic nitrogens is 2. The topological polar surface area (TPSA) is 29.9 Å². The summed E-state index contributed by atoms with van der Waals surface area (Å²) in [6, 6.07) is 0.511. The summed E-state index contributed by atoms with van der Waals surface area (Å²) in [4.78, 5) is 0. The molecule has 1 fully saturated rings. The van der Waals surface area contributed by atoms with Crippen molar-refractivity contribution in [1.29, 1.82) is 0 Å². The molecule has 0 radical (unpaired) electrons. The first-order valence-electron chi connectivity index (χ1n) is 8.03. The lowest BCUT2D eigenvalue weighted by Crippen LogP contribution is -2.37. The van der Waals surface area contributed by atoms with Gasteiger partial charge in [0.15, 0.2) is 0 Å². The molecule has 3 unspecified atom stereocenters. The number of nitrogens with zero attached hydrogens (tertiary/aromatic N) is 2. The summed E-state index contributed by atoms with van der Waals surface area (Å²) in [7, 11) is 2.08. The molecule has 0 aromatic carbocycles. The van der Waals surface area contributed by atoms with Crippen molar-refractivity contribution in [2.24, 2.45) is 11.8 Å². The molecule has 1 heterocycles. The van der Waals surface area contributed by atoms with Crippen LogP contribution in [0, 0.1) is 11.8 Å². The van der Waals surface area contributed by atoms with Crippen LogP contribution in [0.1, 0.15) is 51.4 Å². The van der Waals surface area contributed by atoms with Gasteiger partial charge in [-0.25, -0.2) is 0 Å². The largest absolute Gasteiger partial charge is 0.316 e. The Hall–Kier alpha value is -0.540. The number of hydrogen-bond donors (Lipinski definition) is 1. The molecule has 0 spiro atoms. The third-order valence-corrected chi connectivity index (χ3v) is 5.36. The lowest BCUT2D eigenvalue weighted by atomic mass is 9.87. The highest BCUT2D eigenvalue weighted by Gasteiger charge is 2.31. The predicted molar refractivity (Wildman–Crippen MR) is 85.3 cm³/mol. The zero-order valence-electron chi connectivity index (χ0n) is 13.2. The molecule has 3 atom stereocenters. The van der Waals surface area contributed by atoms with Gasteiger partial charge in [0.05, 0.1) is 16.4 Å². The first-order valence-corrected chi connectivity index (χ1v) is 8.41. The van der Waals surface area contributed by atoms with Crippen molar-refractivity contribution in [1.82, 2.24) is 15.1 Å². The van der Waals surface area contributed by atoms with E-state index in [0.29, 0.717) is 6.04 Å². The summed E-state index contributed by atoms with van der Waals surface area (Å²) in [6.07, 6.45) is 5.97. The van der Waals surface area contributed by atoms with Gasteiger partial charge >= 0.3 is 0 Å². The maximum absolute atomic E-state index is 6.54. The molecule has 1 N–H and O–H groups in total. The normalized spacial score (nSPS) is 24.2. The Balaban J connectivity index is 2.20. The number of nitrogens with one attached hydrogen (secondary N) is 1. The molecular formula is C16H28ClN3. The first-order chi connectivity index (χ1) is 9.62. The van der Waals surface area contributed by atoms with Gasteiger partial charge in [0.2, 0.25) is 0 Å². The average Bonchev–Trinajstić information content (AvgIpc) is 3.00. The lowest BCUT2D eigenvalue weighted by molar-refractivity contribution is 0.304. The highest BCUT2D eigenvalue weighted by molar-refractivity contribution is 6.31. The Kier molecular flexibility index (Phi) is 5.50. The van der Waals surface area contributed by atoms with Crippen LogP contribution in [0.25, 0.3) is 0 Å². The van der Waals surface area contributed by atoms with Crippen LogP contribution in [0.5, 0.6) is 0 Å². The minimum atomic E-state index is 0.511. The Morgan fingerprint density at radius 2 is 2.15 bits per heavy atom. The fourth-order valence-electron chi connectivity index (χ4n) is 3.66.